The van der Waals surface area contributed by atoms with Gasteiger partial charge in [0.25, 0.3) is 0 Å². The number of ether oxygens (including phenoxy) is 1. The van der Waals surface area contributed by atoms with Gasteiger partial charge in [-0.1, -0.05) is 12.1 Å². The number of nitrogens with one attached hydrogen (secondary N) is 1. The van der Waals surface area contributed by atoms with Gasteiger partial charge in [0.2, 0.25) is 5.91 Å². The first-order valence-corrected chi connectivity index (χ1v) is 9.16. The van der Waals surface area contributed by atoms with Crippen LogP contribution in [0.1, 0.15) is 37.3 Å². The van der Waals surface area contributed by atoms with Crippen molar-refractivity contribution in [2.75, 3.05) is 32.9 Å². The van der Waals surface area contributed by atoms with Gasteiger partial charge in [-0.05, 0) is 56.5 Å². The summed E-state index contributed by atoms with van der Waals surface area (Å²) in [6.45, 7) is 3.34. The first-order valence-electron chi connectivity index (χ1n) is 9.16. The molecule has 1 aromatic carbocycles. The number of carbonyl (C=O) groups is 1. The Labute approximate surface area is 148 Å². The fourth-order valence-electron chi connectivity index (χ4n) is 3.80. The molecule has 2 aliphatic heterocycles. The molecule has 1 amide bonds. The number of nitrogens with zero attached hydrogens (tertiary/aromatic N) is 1. The number of hydrogen-bond acceptors (Lipinski definition) is 4. The third-order valence-electron chi connectivity index (χ3n) is 5.38. The molecule has 1 atom stereocenters. The van der Waals surface area contributed by atoms with E-state index in [1.54, 1.807) is 12.1 Å². The van der Waals surface area contributed by atoms with E-state index in [1.165, 1.54) is 12.1 Å². The molecule has 1 aromatic rings. The van der Waals surface area contributed by atoms with Gasteiger partial charge >= 0.3 is 0 Å². The molecule has 0 radical (unpaired) electrons. The van der Waals surface area contributed by atoms with Crippen LogP contribution in [0.4, 0.5) is 4.39 Å². The molecule has 2 aliphatic rings. The summed E-state index contributed by atoms with van der Waals surface area (Å²) in [5.41, 5.74) is 0.719. The molecular formula is C19H27FN2O3. The zero-order valence-electron chi connectivity index (χ0n) is 14.5. The maximum Gasteiger partial charge on any atom is 0.223 e. The second-order valence-electron chi connectivity index (χ2n) is 6.95. The van der Waals surface area contributed by atoms with Crippen LogP contribution in [0.25, 0.3) is 0 Å². The summed E-state index contributed by atoms with van der Waals surface area (Å²) >= 11 is 0. The van der Waals surface area contributed by atoms with Crippen molar-refractivity contribution < 1.29 is 19.0 Å². The summed E-state index contributed by atoms with van der Waals surface area (Å²) in [6.07, 6.45) is 3.83. The van der Waals surface area contributed by atoms with Crippen molar-refractivity contribution in [1.82, 2.24) is 10.2 Å². The van der Waals surface area contributed by atoms with Gasteiger partial charge in [-0.25, -0.2) is 4.39 Å². The number of benzene rings is 1. The highest BCUT2D eigenvalue weighted by atomic mass is 19.1. The summed E-state index contributed by atoms with van der Waals surface area (Å²) in [6, 6.07) is 5.99. The number of aliphatic hydroxyl groups is 1. The van der Waals surface area contributed by atoms with Crippen LogP contribution in [0.3, 0.4) is 0 Å². The third-order valence-corrected chi connectivity index (χ3v) is 5.38. The van der Waals surface area contributed by atoms with Gasteiger partial charge in [0.05, 0.1) is 12.6 Å². The van der Waals surface area contributed by atoms with Gasteiger partial charge in [-0.3, -0.25) is 4.79 Å². The average Bonchev–Trinajstić information content (AvgIpc) is 2.67. The summed E-state index contributed by atoms with van der Waals surface area (Å²) in [5.74, 6) is -0.368. The quantitative estimate of drug-likeness (QED) is 0.851. The second-order valence-corrected chi connectivity index (χ2v) is 6.95. The highest BCUT2D eigenvalue weighted by Crippen LogP contribution is 2.24. The fraction of sp³-hybridized carbons (Fsp3) is 0.632. The zero-order chi connectivity index (χ0) is 17.6. The fourth-order valence-corrected chi connectivity index (χ4v) is 3.80. The lowest BCUT2D eigenvalue weighted by Gasteiger charge is -2.39. The highest BCUT2D eigenvalue weighted by Gasteiger charge is 2.30. The number of halogens is 1. The molecule has 0 bridgehead atoms. The predicted octanol–water partition coefficient (Wildman–Crippen LogP) is 1.87. The number of rotatable bonds is 5. The van der Waals surface area contributed by atoms with E-state index in [0.29, 0.717) is 6.04 Å². The normalized spacial score (nSPS) is 21.8. The van der Waals surface area contributed by atoms with Crippen LogP contribution in [0.15, 0.2) is 24.3 Å². The van der Waals surface area contributed by atoms with Crippen molar-refractivity contribution in [1.29, 1.82) is 0 Å². The Balaban J connectivity index is 1.50. The lowest BCUT2D eigenvalue weighted by Crippen LogP contribution is -2.47. The van der Waals surface area contributed by atoms with Crippen molar-refractivity contribution in [3.05, 3.63) is 35.6 Å². The zero-order valence-corrected chi connectivity index (χ0v) is 14.5. The van der Waals surface area contributed by atoms with E-state index in [4.69, 9.17) is 4.74 Å². The summed E-state index contributed by atoms with van der Waals surface area (Å²) in [5, 5.41) is 12.5. The van der Waals surface area contributed by atoms with E-state index in [0.717, 1.165) is 57.6 Å². The van der Waals surface area contributed by atoms with Crippen LogP contribution >= 0.6 is 0 Å². The molecule has 138 valence electrons. The van der Waals surface area contributed by atoms with E-state index < -0.39 is 6.04 Å². The SMILES string of the molecule is O=C(N[C@H](CO)c1ccc(F)cc1)C1CCN(C2CCOCC2)CC1. The number of carbonyl (C=O) groups excluding carboxylic acids is 1. The Morgan fingerprint density at radius 1 is 1.20 bits per heavy atom. The second kappa shape index (κ2) is 8.74. The Morgan fingerprint density at radius 2 is 1.84 bits per heavy atom. The summed E-state index contributed by atoms with van der Waals surface area (Å²) in [4.78, 5) is 15.0. The maximum atomic E-state index is 13.0. The van der Waals surface area contributed by atoms with E-state index in [2.05, 4.69) is 10.2 Å². The van der Waals surface area contributed by atoms with E-state index in [-0.39, 0.29) is 24.2 Å². The van der Waals surface area contributed by atoms with Gasteiger partial charge in [0, 0.05) is 25.2 Å². The number of amides is 1. The molecule has 0 aromatic heterocycles. The first-order chi connectivity index (χ1) is 12.2. The predicted molar refractivity (Wildman–Crippen MR) is 92.5 cm³/mol. The average molecular weight is 350 g/mol. The number of hydrogen-bond donors (Lipinski definition) is 2. The topological polar surface area (TPSA) is 61.8 Å². The highest BCUT2D eigenvalue weighted by molar-refractivity contribution is 5.79. The molecular weight excluding hydrogens is 323 g/mol. The summed E-state index contributed by atoms with van der Waals surface area (Å²) in [7, 11) is 0. The van der Waals surface area contributed by atoms with Crippen LogP contribution in [0.5, 0.6) is 0 Å². The molecule has 0 aliphatic carbocycles. The standard InChI is InChI=1S/C19H27FN2O3/c20-16-3-1-14(2-4-16)18(13-23)21-19(24)15-5-9-22(10-6-15)17-7-11-25-12-8-17/h1-4,15,17-18,23H,5-13H2,(H,21,24)/t18-/m1/s1. The Kier molecular flexibility index (Phi) is 6.39. The summed E-state index contributed by atoms with van der Waals surface area (Å²) < 4.78 is 18.5. The molecule has 6 heteroatoms. The van der Waals surface area contributed by atoms with Gasteiger partial charge in [-0.15, -0.1) is 0 Å². The van der Waals surface area contributed by atoms with Crippen molar-refractivity contribution in [3.63, 3.8) is 0 Å². The largest absolute Gasteiger partial charge is 0.394 e. The van der Waals surface area contributed by atoms with Gasteiger partial charge in [0.15, 0.2) is 0 Å². The minimum atomic E-state index is -0.485. The maximum absolute atomic E-state index is 13.0. The first kappa shape index (κ1) is 18.3. The van der Waals surface area contributed by atoms with Crippen LogP contribution in [0, 0.1) is 11.7 Å². The van der Waals surface area contributed by atoms with E-state index in [9.17, 15) is 14.3 Å². The Bertz CT molecular complexity index is 552. The number of likely N-dealkylation sites (tertiary alicyclic amines) is 1. The van der Waals surface area contributed by atoms with Crippen LogP contribution in [-0.4, -0.2) is 54.9 Å². The molecule has 0 unspecified atom stereocenters. The van der Waals surface area contributed by atoms with Crippen LogP contribution in [0.2, 0.25) is 0 Å². The van der Waals surface area contributed by atoms with Gasteiger partial charge in [-0.2, -0.15) is 0 Å². The Hall–Kier alpha value is -1.50. The molecule has 2 fully saturated rings. The minimum absolute atomic E-state index is 0.0185. The molecule has 25 heavy (non-hydrogen) atoms. The van der Waals surface area contributed by atoms with Crippen molar-refractivity contribution in [2.45, 2.75) is 37.8 Å². The molecule has 3 rings (SSSR count). The number of aliphatic hydroxyl groups excluding tert-OH is 1. The third kappa shape index (κ3) is 4.77. The monoisotopic (exact) mass is 350 g/mol. The molecule has 5 nitrogen and oxygen atoms in total. The molecule has 2 heterocycles. The van der Waals surface area contributed by atoms with Gasteiger partial charge in [0.1, 0.15) is 5.82 Å². The van der Waals surface area contributed by atoms with Crippen molar-refractivity contribution >= 4 is 5.91 Å². The molecule has 0 saturated carbocycles. The molecule has 2 N–H and O–H groups in total. The minimum Gasteiger partial charge on any atom is -0.394 e. The Morgan fingerprint density at radius 3 is 2.44 bits per heavy atom. The lowest BCUT2D eigenvalue weighted by molar-refractivity contribution is -0.128. The van der Waals surface area contributed by atoms with Crippen LogP contribution < -0.4 is 5.32 Å². The van der Waals surface area contributed by atoms with E-state index >= 15 is 0 Å². The number of piperidine rings is 1. The van der Waals surface area contributed by atoms with E-state index in [1.807, 2.05) is 0 Å². The molecule has 2 saturated heterocycles. The van der Waals surface area contributed by atoms with Crippen molar-refractivity contribution in [3.8, 4) is 0 Å². The van der Waals surface area contributed by atoms with Crippen LogP contribution in [-0.2, 0) is 9.53 Å². The lowest BCUT2D eigenvalue weighted by atomic mass is 9.93. The van der Waals surface area contributed by atoms with Gasteiger partial charge < -0.3 is 20.1 Å². The van der Waals surface area contributed by atoms with Crippen molar-refractivity contribution in [2.24, 2.45) is 5.92 Å². The molecule has 0 spiro atoms. The smallest absolute Gasteiger partial charge is 0.223 e.